The van der Waals surface area contributed by atoms with E-state index in [2.05, 4.69) is 11.8 Å². The number of hydrogen-bond acceptors (Lipinski definition) is 3. The molecular formula is C15H25NO3. The van der Waals surface area contributed by atoms with Gasteiger partial charge in [0.15, 0.2) is 0 Å². The maximum atomic E-state index is 12.3. The Hall–Kier alpha value is -0.610. The SMILES string of the molecule is CCOCC[C@H]1CO[C@H]2CN(C(=O)[C@H]3C[C@H]3C)C[C@@H]12. The molecule has 3 fully saturated rings. The van der Waals surface area contributed by atoms with Crippen LogP contribution in [0, 0.1) is 23.7 Å². The van der Waals surface area contributed by atoms with Crippen molar-refractivity contribution in [2.75, 3.05) is 32.9 Å². The van der Waals surface area contributed by atoms with E-state index in [1.807, 2.05) is 6.92 Å². The van der Waals surface area contributed by atoms with Crippen LogP contribution >= 0.6 is 0 Å². The molecule has 0 aromatic heterocycles. The average molecular weight is 267 g/mol. The number of fused-ring (bicyclic) bond motifs is 1. The number of carbonyl (C=O) groups is 1. The van der Waals surface area contributed by atoms with Crippen molar-refractivity contribution in [1.29, 1.82) is 0 Å². The minimum absolute atomic E-state index is 0.282. The van der Waals surface area contributed by atoms with Gasteiger partial charge in [-0.3, -0.25) is 4.79 Å². The van der Waals surface area contributed by atoms with Gasteiger partial charge in [0, 0.05) is 38.1 Å². The lowest BCUT2D eigenvalue weighted by Gasteiger charge is -2.20. The number of amides is 1. The third-order valence-electron chi connectivity index (χ3n) is 5.01. The molecule has 1 aliphatic carbocycles. The highest BCUT2D eigenvalue weighted by Crippen LogP contribution is 2.42. The van der Waals surface area contributed by atoms with Crippen molar-refractivity contribution in [3.8, 4) is 0 Å². The van der Waals surface area contributed by atoms with Crippen molar-refractivity contribution in [3.63, 3.8) is 0 Å². The Bertz CT molecular complexity index is 346. The first-order valence-corrected chi connectivity index (χ1v) is 7.68. The van der Waals surface area contributed by atoms with Crippen molar-refractivity contribution < 1.29 is 14.3 Å². The lowest BCUT2D eigenvalue weighted by molar-refractivity contribution is -0.132. The van der Waals surface area contributed by atoms with Crippen LogP contribution in [0.3, 0.4) is 0 Å². The van der Waals surface area contributed by atoms with E-state index >= 15 is 0 Å². The minimum Gasteiger partial charge on any atom is -0.382 e. The fourth-order valence-electron chi connectivity index (χ4n) is 3.56. The van der Waals surface area contributed by atoms with Gasteiger partial charge in [-0.2, -0.15) is 0 Å². The molecule has 4 heteroatoms. The second kappa shape index (κ2) is 5.41. The van der Waals surface area contributed by atoms with Crippen molar-refractivity contribution in [2.24, 2.45) is 23.7 Å². The van der Waals surface area contributed by atoms with Crippen LogP contribution in [-0.2, 0) is 14.3 Å². The van der Waals surface area contributed by atoms with Gasteiger partial charge in [-0.15, -0.1) is 0 Å². The number of hydrogen-bond donors (Lipinski definition) is 0. The molecule has 108 valence electrons. The van der Waals surface area contributed by atoms with Gasteiger partial charge < -0.3 is 14.4 Å². The number of carbonyl (C=O) groups excluding carboxylic acids is 1. The summed E-state index contributed by atoms with van der Waals surface area (Å²) in [7, 11) is 0. The Balaban J connectivity index is 1.51. The topological polar surface area (TPSA) is 38.8 Å². The van der Waals surface area contributed by atoms with Gasteiger partial charge in [0.05, 0.1) is 12.7 Å². The molecule has 2 heterocycles. The highest BCUT2D eigenvalue weighted by atomic mass is 16.5. The van der Waals surface area contributed by atoms with E-state index < -0.39 is 0 Å². The summed E-state index contributed by atoms with van der Waals surface area (Å²) in [5, 5.41) is 0. The molecule has 0 unspecified atom stereocenters. The fraction of sp³-hybridized carbons (Fsp3) is 0.933. The smallest absolute Gasteiger partial charge is 0.226 e. The van der Waals surface area contributed by atoms with E-state index in [4.69, 9.17) is 9.47 Å². The summed E-state index contributed by atoms with van der Waals surface area (Å²) in [5.41, 5.74) is 0. The molecule has 1 amide bonds. The monoisotopic (exact) mass is 267 g/mol. The van der Waals surface area contributed by atoms with Crippen molar-refractivity contribution in [1.82, 2.24) is 4.90 Å². The molecule has 3 rings (SSSR count). The summed E-state index contributed by atoms with van der Waals surface area (Å²) in [6.07, 6.45) is 2.43. The molecular weight excluding hydrogens is 242 g/mol. The van der Waals surface area contributed by atoms with Crippen LogP contribution in [-0.4, -0.2) is 49.8 Å². The van der Waals surface area contributed by atoms with E-state index in [0.717, 1.165) is 45.8 Å². The summed E-state index contributed by atoms with van der Waals surface area (Å²) in [6.45, 7) is 8.38. The first-order valence-electron chi connectivity index (χ1n) is 7.68. The largest absolute Gasteiger partial charge is 0.382 e. The lowest BCUT2D eigenvalue weighted by Crippen LogP contribution is -2.32. The maximum absolute atomic E-state index is 12.3. The lowest BCUT2D eigenvalue weighted by atomic mass is 9.91. The molecule has 0 spiro atoms. The molecule has 4 nitrogen and oxygen atoms in total. The molecule has 0 bridgehead atoms. The Morgan fingerprint density at radius 3 is 2.89 bits per heavy atom. The standard InChI is InChI=1S/C15H25NO3/c1-3-18-5-4-11-9-19-14-8-16(7-13(11)14)15(17)12-6-10(12)2/h10-14H,3-9H2,1-2H3/t10-,11+,12+,13+,14+/m1/s1. The minimum atomic E-state index is 0.282. The van der Waals surface area contributed by atoms with Crippen LogP contribution in [0.5, 0.6) is 0 Å². The first-order chi connectivity index (χ1) is 9.20. The van der Waals surface area contributed by atoms with E-state index in [0.29, 0.717) is 29.6 Å². The van der Waals surface area contributed by atoms with Gasteiger partial charge in [0.25, 0.3) is 0 Å². The van der Waals surface area contributed by atoms with Crippen LogP contribution in [0.1, 0.15) is 26.7 Å². The predicted octanol–water partition coefficient (Wildman–Crippen LogP) is 1.54. The zero-order valence-electron chi connectivity index (χ0n) is 12.0. The Labute approximate surface area is 115 Å². The third kappa shape index (κ3) is 2.65. The van der Waals surface area contributed by atoms with Gasteiger partial charge in [0.1, 0.15) is 0 Å². The Morgan fingerprint density at radius 1 is 1.42 bits per heavy atom. The second-order valence-electron chi connectivity index (χ2n) is 6.34. The summed E-state index contributed by atoms with van der Waals surface area (Å²) in [4.78, 5) is 14.3. The molecule has 0 aromatic rings. The van der Waals surface area contributed by atoms with Gasteiger partial charge >= 0.3 is 0 Å². The zero-order valence-corrected chi connectivity index (χ0v) is 12.0. The quantitative estimate of drug-likeness (QED) is 0.709. The van der Waals surface area contributed by atoms with Crippen LogP contribution < -0.4 is 0 Å². The number of nitrogens with zero attached hydrogens (tertiary/aromatic N) is 1. The summed E-state index contributed by atoms with van der Waals surface area (Å²) in [5.74, 6) is 2.39. The molecule has 0 aromatic carbocycles. The maximum Gasteiger partial charge on any atom is 0.226 e. The van der Waals surface area contributed by atoms with E-state index in [1.54, 1.807) is 0 Å². The molecule has 19 heavy (non-hydrogen) atoms. The van der Waals surface area contributed by atoms with Crippen LogP contribution in [0.15, 0.2) is 0 Å². The molecule has 0 radical (unpaired) electrons. The Kier molecular flexibility index (Phi) is 3.81. The molecule has 2 saturated heterocycles. The summed E-state index contributed by atoms with van der Waals surface area (Å²) in [6, 6.07) is 0. The highest BCUT2D eigenvalue weighted by Gasteiger charge is 2.49. The Morgan fingerprint density at radius 2 is 2.21 bits per heavy atom. The van der Waals surface area contributed by atoms with Crippen LogP contribution in [0.4, 0.5) is 0 Å². The number of ether oxygens (including phenoxy) is 2. The van der Waals surface area contributed by atoms with Gasteiger partial charge in [-0.05, 0) is 31.6 Å². The summed E-state index contributed by atoms with van der Waals surface area (Å²) >= 11 is 0. The normalized spacial score (nSPS) is 40.5. The van der Waals surface area contributed by atoms with E-state index in [-0.39, 0.29) is 6.10 Å². The van der Waals surface area contributed by atoms with Crippen molar-refractivity contribution in [3.05, 3.63) is 0 Å². The molecule has 5 atom stereocenters. The fourth-order valence-corrected chi connectivity index (χ4v) is 3.56. The highest BCUT2D eigenvalue weighted by molar-refractivity contribution is 5.82. The van der Waals surface area contributed by atoms with Gasteiger partial charge in [-0.25, -0.2) is 0 Å². The van der Waals surface area contributed by atoms with Crippen LogP contribution in [0.25, 0.3) is 0 Å². The van der Waals surface area contributed by atoms with Gasteiger partial charge in [-0.1, -0.05) is 6.92 Å². The molecule has 1 saturated carbocycles. The van der Waals surface area contributed by atoms with Gasteiger partial charge in [0.2, 0.25) is 5.91 Å². The second-order valence-corrected chi connectivity index (χ2v) is 6.34. The van der Waals surface area contributed by atoms with E-state index in [1.165, 1.54) is 0 Å². The van der Waals surface area contributed by atoms with Crippen molar-refractivity contribution in [2.45, 2.75) is 32.8 Å². The first kappa shape index (κ1) is 13.4. The average Bonchev–Trinajstić information content (AvgIpc) is 2.84. The molecule has 2 aliphatic heterocycles. The number of likely N-dealkylation sites (tertiary alicyclic amines) is 1. The van der Waals surface area contributed by atoms with Crippen LogP contribution in [0.2, 0.25) is 0 Å². The molecule has 3 aliphatic rings. The third-order valence-corrected chi connectivity index (χ3v) is 5.01. The number of rotatable bonds is 5. The zero-order chi connectivity index (χ0) is 13.4. The molecule has 0 N–H and O–H groups in total. The van der Waals surface area contributed by atoms with Crippen molar-refractivity contribution >= 4 is 5.91 Å². The summed E-state index contributed by atoms with van der Waals surface area (Å²) < 4.78 is 11.3. The van der Waals surface area contributed by atoms with E-state index in [9.17, 15) is 4.79 Å². The predicted molar refractivity (Wildman–Crippen MR) is 71.7 cm³/mol.